The van der Waals surface area contributed by atoms with Gasteiger partial charge in [-0.1, -0.05) is 11.6 Å². The lowest BCUT2D eigenvalue weighted by molar-refractivity contribution is -0.0142. The van der Waals surface area contributed by atoms with Gasteiger partial charge in [-0.3, -0.25) is 4.99 Å². The monoisotopic (exact) mass is 518 g/mol. The van der Waals surface area contributed by atoms with Gasteiger partial charge in [-0.25, -0.2) is 8.78 Å². The van der Waals surface area contributed by atoms with E-state index in [1.807, 2.05) is 19.1 Å². The Morgan fingerprint density at radius 3 is 2.44 bits per heavy atom. The molecule has 2 N–H and O–H groups in total. The maximum absolute atomic E-state index is 14.0. The van der Waals surface area contributed by atoms with E-state index in [-0.39, 0.29) is 17.6 Å². The quantitative estimate of drug-likeness (QED) is 0.167. The third-order valence-corrected chi connectivity index (χ3v) is 8.07. The molecule has 1 aromatic carbocycles. The minimum Gasteiger partial charge on any atom is -0.371 e. The third-order valence-electron chi connectivity index (χ3n) is 7.12. The van der Waals surface area contributed by atoms with Crippen LogP contribution >= 0.6 is 11.9 Å². The summed E-state index contributed by atoms with van der Waals surface area (Å²) in [5.74, 6) is -2.66. The smallest absolute Gasteiger partial charge is 0.249 e. The van der Waals surface area contributed by atoms with E-state index in [1.54, 1.807) is 19.0 Å². The van der Waals surface area contributed by atoms with Crippen molar-refractivity contribution < 1.29 is 8.78 Å². The lowest BCUT2D eigenvalue weighted by Gasteiger charge is -2.35. The molecule has 2 aliphatic rings. The van der Waals surface area contributed by atoms with Crippen molar-refractivity contribution in [2.75, 3.05) is 36.3 Å². The van der Waals surface area contributed by atoms with E-state index in [0.29, 0.717) is 18.4 Å². The summed E-state index contributed by atoms with van der Waals surface area (Å²) >= 11 is 1.71. The number of hydrogen-bond donors (Lipinski definition) is 2. The van der Waals surface area contributed by atoms with Gasteiger partial charge in [0.25, 0.3) is 0 Å². The first-order chi connectivity index (χ1) is 17.0. The van der Waals surface area contributed by atoms with Crippen LogP contribution in [-0.4, -0.2) is 44.1 Å². The topological polar surface area (TPSA) is 39.7 Å². The molecule has 36 heavy (non-hydrogen) atoms. The zero-order chi connectivity index (χ0) is 26.4. The zero-order valence-electron chi connectivity index (χ0n) is 22.7. The molecular weight excluding hydrogens is 474 g/mol. The second-order valence-electron chi connectivity index (χ2n) is 11.4. The van der Waals surface area contributed by atoms with Gasteiger partial charge < -0.3 is 14.9 Å². The summed E-state index contributed by atoms with van der Waals surface area (Å²) in [6.07, 6.45) is 9.11. The first-order valence-corrected chi connectivity index (χ1v) is 14.0. The second-order valence-corrected chi connectivity index (χ2v) is 13.1. The number of benzene rings is 1. The molecule has 3 rings (SSSR count). The molecule has 1 spiro atoms. The molecule has 2 fully saturated rings. The van der Waals surface area contributed by atoms with Gasteiger partial charge in [0.05, 0.1) is 5.70 Å². The summed E-state index contributed by atoms with van der Waals surface area (Å²) in [4.78, 5) is 6.85. The Kier molecular flexibility index (Phi) is 9.67. The Balaban J connectivity index is 1.81. The number of nitrogens with zero attached hydrogens (tertiary/aromatic N) is 2. The van der Waals surface area contributed by atoms with Gasteiger partial charge in [-0.2, -0.15) is 0 Å². The van der Waals surface area contributed by atoms with Gasteiger partial charge in [0.2, 0.25) is 5.92 Å². The van der Waals surface area contributed by atoms with Crippen LogP contribution in [0.5, 0.6) is 0 Å². The molecule has 200 valence electrons. The fourth-order valence-electron chi connectivity index (χ4n) is 4.61. The largest absolute Gasteiger partial charge is 0.371 e. The molecule has 4 nitrogen and oxygen atoms in total. The summed E-state index contributed by atoms with van der Waals surface area (Å²) in [6.45, 7) is 14.8. The van der Waals surface area contributed by atoms with Crippen LogP contribution < -0.4 is 14.9 Å². The minimum absolute atomic E-state index is 0.0990. The average Bonchev–Trinajstić information content (AvgIpc) is 3.58. The number of aliphatic imine (C=N–C) groups is 1. The normalized spacial score (nSPS) is 18.5. The predicted molar refractivity (Wildman–Crippen MR) is 155 cm³/mol. The van der Waals surface area contributed by atoms with E-state index in [9.17, 15) is 8.78 Å². The predicted octanol–water partition coefficient (Wildman–Crippen LogP) is 7.94. The summed E-state index contributed by atoms with van der Waals surface area (Å²) in [5.41, 5.74) is 5.57. The number of halogens is 2. The summed E-state index contributed by atoms with van der Waals surface area (Å²) in [7, 11) is 1.70. The number of allylic oxidation sites excluding steroid dienone is 3. The number of hydrogen-bond acceptors (Lipinski definition) is 5. The van der Waals surface area contributed by atoms with Gasteiger partial charge in [0.1, 0.15) is 0 Å². The van der Waals surface area contributed by atoms with Crippen LogP contribution in [-0.2, 0) is 0 Å². The lowest BCUT2D eigenvalue weighted by atomic mass is 9.92. The second kappa shape index (κ2) is 12.1. The highest BCUT2D eigenvalue weighted by Gasteiger charge is 2.44. The molecule has 0 amide bonds. The van der Waals surface area contributed by atoms with Gasteiger partial charge in [0, 0.05) is 54.2 Å². The fraction of sp³-hybridized carbons (Fsp3) is 0.621. The van der Waals surface area contributed by atoms with Crippen LogP contribution in [0.15, 0.2) is 40.9 Å². The number of anilines is 2. The molecule has 0 bridgehead atoms. The van der Waals surface area contributed by atoms with Gasteiger partial charge in [0.15, 0.2) is 0 Å². The Morgan fingerprint density at radius 1 is 1.17 bits per heavy atom. The molecule has 0 atom stereocenters. The van der Waals surface area contributed by atoms with Crippen molar-refractivity contribution in [1.82, 2.24) is 5.32 Å². The van der Waals surface area contributed by atoms with E-state index >= 15 is 0 Å². The van der Waals surface area contributed by atoms with Crippen LogP contribution in [0.2, 0.25) is 0 Å². The molecule has 0 unspecified atom stereocenters. The van der Waals surface area contributed by atoms with Crippen LogP contribution in [0.1, 0.15) is 78.2 Å². The molecule has 1 saturated heterocycles. The average molecular weight is 519 g/mol. The van der Waals surface area contributed by atoms with Crippen molar-refractivity contribution in [2.24, 2.45) is 10.4 Å². The Bertz CT molecular complexity index is 951. The Labute approximate surface area is 221 Å². The maximum Gasteiger partial charge on any atom is 0.249 e. The van der Waals surface area contributed by atoms with Crippen LogP contribution in [0.4, 0.5) is 20.2 Å². The number of nitrogens with one attached hydrogen (secondary N) is 2. The van der Waals surface area contributed by atoms with Crippen molar-refractivity contribution in [3.05, 3.63) is 41.5 Å². The standard InChI is InChI=1S/C29H44F2N4S/c1-22(8-7-11-29(30,31)14-17-32-5)20-25(33-6)24-10-9-23(34-36-27(2,3)4)21-26(24)35-18-15-28(12-13-28)16-19-35/h8-10,20-21,32,34H,6-7,11-19H2,1-5H3/b22-8-,25-20-. The van der Waals surface area contributed by atoms with Crippen LogP contribution in [0, 0.1) is 5.41 Å². The highest BCUT2D eigenvalue weighted by atomic mass is 32.2. The highest BCUT2D eigenvalue weighted by molar-refractivity contribution is 8.01. The lowest BCUT2D eigenvalue weighted by Crippen LogP contribution is -2.35. The van der Waals surface area contributed by atoms with Crippen molar-refractivity contribution in [2.45, 2.75) is 83.3 Å². The van der Waals surface area contributed by atoms with Gasteiger partial charge >= 0.3 is 0 Å². The fourth-order valence-corrected chi connectivity index (χ4v) is 5.16. The maximum atomic E-state index is 14.0. The Hall–Kier alpha value is -1.86. The van der Waals surface area contributed by atoms with Gasteiger partial charge in [-0.05, 0) is 115 Å². The van der Waals surface area contributed by atoms with Gasteiger partial charge in [-0.15, -0.1) is 0 Å². The molecule has 1 aromatic rings. The molecule has 0 radical (unpaired) electrons. The zero-order valence-corrected chi connectivity index (χ0v) is 23.5. The Morgan fingerprint density at radius 2 is 1.86 bits per heavy atom. The van der Waals surface area contributed by atoms with E-state index < -0.39 is 5.92 Å². The molecule has 1 heterocycles. The van der Waals surface area contributed by atoms with Crippen molar-refractivity contribution in [1.29, 1.82) is 0 Å². The van der Waals surface area contributed by atoms with E-state index in [2.05, 4.69) is 65.6 Å². The van der Waals surface area contributed by atoms with Crippen LogP contribution in [0.25, 0.3) is 5.70 Å². The molecule has 7 heteroatoms. The SMILES string of the molecule is C=N/C(=C\C(C)=C/CCC(F)(F)CCNC)c1ccc(NSC(C)(C)C)cc1N1CCC2(CC1)CC2. The first kappa shape index (κ1) is 28.7. The number of alkyl halides is 2. The summed E-state index contributed by atoms with van der Waals surface area (Å²) in [5, 5.41) is 2.80. The highest BCUT2D eigenvalue weighted by Crippen LogP contribution is 2.54. The minimum atomic E-state index is -2.66. The summed E-state index contributed by atoms with van der Waals surface area (Å²) < 4.78 is 31.7. The number of rotatable bonds is 12. The molecule has 0 aromatic heterocycles. The molecular formula is C29H44F2N4S. The summed E-state index contributed by atoms with van der Waals surface area (Å²) in [6, 6.07) is 6.42. The molecule has 1 saturated carbocycles. The van der Waals surface area contributed by atoms with Crippen molar-refractivity contribution in [3.63, 3.8) is 0 Å². The van der Waals surface area contributed by atoms with E-state index in [1.165, 1.54) is 25.7 Å². The van der Waals surface area contributed by atoms with Crippen molar-refractivity contribution in [3.8, 4) is 0 Å². The molecule has 1 aliphatic heterocycles. The molecule has 1 aliphatic carbocycles. The first-order valence-electron chi connectivity index (χ1n) is 13.2. The third kappa shape index (κ3) is 8.62. The van der Waals surface area contributed by atoms with Crippen molar-refractivity contribution >= 4 is 35.7 Å². The van der Waals surface area contributed by atoms with Crippen LogP contribution in [0.3, 0.4) is 0 Å². The van der Waals surface area contributed by atoms with E-state index in [0.717, 1.165) is 41.3 Å². The van der Waals surface area contributed by atoms with E-state index in [4.69, 9.17) is 0 Å². The number of piperidine rings is 1.